The van der Waals surface area contributed by atoms with Crippen molar-refractivity contribution >= 4 is 0 Å². The highest BCUT2D eigenvalue weighted by Gasteiger charge is 2.26. The molecule has 2 N–H and O–H groups in total. The molecule has 2 unspecified atom stereocenters. The van der Waals surface area contributed by atoms with Gasteiger partial charge in [0.15, 0.2) is 0 Å². The van der Waals surface area contributed by atoms with E-state index in [9.17, 15) is 10.2 Å². The molecule has 0 aromatic carbocycles. The molecule has 0 aromatic rings. The van der Waals surface area contributed by atoms with Gasteiger partial charge in [0.25, 0.3) is 0 Å². The Bertz CT molecular complexity index is 549. The topological polar surface area (TPSA) is 43.7 Å². The Morgan fingerprint density at radius 2 is 0.689 bits per heavy atom. The number of nitrogens with zero attached hydrogens (tertiary/aromatic N) is 3. The zero-order valence-corrected chi connectivity index (χ0v) is 33.2. The Morgan fingerprint density at radius 3 is 0.978 bits per heavy atom. The van der Waals surface area contributed by atoms with Crippen LogP contribution in [-0.4, -0.2) is 110 Å². The number of rotatable bonds is 33. The lowest BCUT2D eigenvalue weighted by molar-refractivity contribution is -0.893. The Kier molecular flexibility index (Phi) is 36.4. The fourth-order valence-corrected chi connectivity index (χ4v) is 6.73. The summed E-state index contributed by atoms with van der Waals surface area (Å²) in [6.45, 7) is 12.9. The first kappa shape index (κ1) is 49.8. The van der Waals surface area contributed by atoms with Crippen molar-refractivity contribution in [1.82, 2.24) is 4.90 Å². The van der Waals surface area contributed by atoms with Crippen LogP contribution in [0.25, 0.3) is 0 Å². The van der Waals surface area contributed by atoms with Crippen LogP contribution in [0.3, 0.4) is 0 Å². The summed E-state index contributed by atoms with van der Waals surface area (Å²) in [4.78, 5) is 2.33. The smallest absolute Gasteiger partial charge is 0.115 e. The minimum absolute atomic E-state index is 0. The molecule has 0 aliphatic rings. The van der Waals surface area contributed by atoms with Crippen LogP contribution >= 0.6 is 0 Å². The maximum absolute atomic E-state index is 11.1. The van der Waals surface area contributed by atoms with Crippen molar-refractivity contribution in [3.63, 3.8) is 0 Å². The Labute approximate surface area is 296 Å². The van der Waals surface area contributed by atoms with Crippen LogP contribution in [0.4, 0.5) is 0 Å². The van der Waals surface area contributed by atoms with Gasteiger partial charge in [0, 0.05) is 13.1 Å². The van der Waals surface area contributed by atoms with Crippen molar-refractivity contribution in [2.45, 2.75) is 174 Å². The van der Waals surface area contributed by atoms with Gasteiger partial charge in [-0.1, -0.05) is 130 Å². The van der Waals surface area contributed by atoms with E-state index >= 15 is 0 Å². The van der Waals surface area contributed by atoms with Crippen molar-refractivity contribution in [2.24, 2.45) is 0 Å². The first-order chi connectivity index (χ1) is 20.5. The fraction of sp³-hybridized carbons (Fsp3) is 1.00. The molecule has 7 heteroatoms. The van der Waals surface area contributed by atoms with Crippen molar-refractivity contribution in [1.29, 1.82) is 0 Å². The van der Waals surface area contributed by atoms with Gasteiger partial charge in [-0.15, -0.1) is 0 Å². The van der Waals surface area contributed by atoms with E-state index in [1.807, 2.05) is 0 Å². The molecular weight excluding hydrogens is 601 g/mol. The molecule has 0 bridgehead atoms. The SMILES string of the molecule is CCCCCCCCCCCC[N+](C)(C)CC(O)CN(CCCC)CC(O)C[N+](C)(C)CCCCCCCCCCCC.[Cl-].[Cl-]. The van der Waals surface area contributed by atoms with Crippen LogP contribution in [0.15, 0.2) is 0 Å². The minimum atomic E-state index is -0.351. The molecule has 2 atom stereocenters. The van der Waals surface area contributed by atoms with Gasteiger partial charge in [0.2, 0.25) is 0 Å². The fourth-order valence-electron chi connectivity index (χ4n) is 6.73. The highest BCUT2D eigenvalue weighted by atomic mass is 35.5. The molecule has 276 valence electrons. The summed E-state index contributed by atoms with van der Waals surface area (Å²) in [5.74, 6) is 0. The zero-order valence-electron chi connectivity index (χ0n) is 31.7. The lowest BCUT2D eigenvalue weighted by atomic mass is 10.1. The van der Waals surface area contributed by atoms with Crippen molar-refractivity contribution < 1.29 is 44.0 Å². The van der Waals surface area contributed by atoms with E-state index in [2.05, 4.69) is 53.9 Å². The highest BCUT2D eigenvalue weighted by Crippen LogP contribution is 2.14. The molecule has 0 saturated carbocycles. The molecule has 45 heavy (non-hydrogen) atoms. The lowest BCUT2D eigenvalue weighted by Gasteiger charge is -2.36. The van der Waals surface area contributed by atoms with Gasteiger partial charge in [-0.25, -0.2) is 0 Å². The van der Waals surface area contributed by atoms with E-state index in [-0.39, 0.29) is 37.0 Å². The predicted octanol–water partition coefficient (Wildman–Crippen LogP) is 2.81. The van der Waals surface area contributed by atoms with Crippen LogP contribution in [0, 0.1) is 0 Å². The number of hydrogen-bond acceptors (Lipinski definition) is 3. The summed E-state index contributed by atoms with van der Waals surface area (Å²) in [5, 5.41) is 22.2. The summed E-state index contributed by atoms with van der Waals surface area (Å²) < 4.78 is 1.76. The number of aliphatic hydroxyl groups is 2. The summed E-state index contributed by atoms with van der Waals surface area (Å²) >= 11 is 0. The van der Waals surface area contributed by atoms with Crippen LogP contribution in [0.1, 0.15) is 162 Å². The molecule has 0 amide bonds. The summed E-state index contributed by atoms with van der Waals surface area (Å²) in [7, 11) is 9.09. The average molecular weight is 685 g/mol. The van der Waals surface area contributed by atoms with E-state index in [1.54, 1.807) is 0 Å². The molecule has 0 aliphatic heterocycles. The third-order valence-corrected chi connectivity index (χ3v) is 9.41. The Balaban J connectivity index is -0.00000882. The largest absolute Gasteiger partial charge is 1.00 e. The number of unbranched alkanes of at least 4 members (excludes halogenated alkanes) is 19. The number of quaternary nitrogens is 2. The maximum Gasteiger partial charge on any atom is 0.115 e. The molecule has 0 fully saturated rings. The number of likely N-dealkylation sites (N-methyl/N-ethyl adjacent to an activating group) is 2. The van der Waals surface area contributed by atoms with E-state index in [1.165, 1.54) is 128 Å². The molecule has 0 aliphatic carbocycles. The second-order valence-electron chi connectivity index (χ2n) is 15.5. The predicted molar refractivity (Wildman–Crippen MR) is 191 cm³/mol. The minimum Gasteiger partial charge on any atom is -1.00 e. The van der Waals surface area contributed by atoms with E-state index in [4.69, 9.17) is 0 Å². The third kappa shape index (κ3) is 34.1. The summed E-state index contributed by atoms with van der Waals surface area (Å²) in [6.07, 6.45) is 28.9. The van der Waals surface area contributed by atoms with Crippen LogP contribution in [0.2, 0.25) is 0 Å². The highest BCUT2D eigenvalue weighted by molar-refractivity contribution is 4.69. The number of halogens is 2. The van der Waals surface area contributed by atoms with Gasteiger partial charge in [0.1, 0.15) is 25.3 Å². The summed E-state index contributed by atoms with van der Waals surface area (Å²) in [6, 6.07) is 0. The molecule has 0 saturated heterocycles. The average Bonchev–Trinajstić information content (AvgIpc) is 2.93. The second-order valence-corrected chi connectivity index (χ2v) is 15.5. The lowest BCUT2D eigenvalue weighted by Crippen LogP contribution is -3.00. The number of hydrogen-bond donors (Lipinski definition) is 2. The first-order valence-corrected chi connectivity index (χ1v) is 19.3. The quantitative estimate of drug-likeness (QED) is 0.0827. The van der Waals surface area contributed by atoms with E-state index in [0.717, 1.165) is 54.5 Å². The molecule has 0 spiro atoms. The standard InChI is InChI=1S/C38H83N3O2.2ClH/c1-8-11-14-16-18-20-22-24-26-28-31-40(4,5)35-37(42)33-39(30-13-10-3)34-38(43)36-41(6,7)32-29-27-25-23-21-19-17-15-12-9-2;;/h37-38,42-43H,8-36H2,1-7H3;2*1H/q+2;;/p-2. The second kappa shape index (κ2) is 32.9. The number of aliphatic hydroxyl groups excluding tert-OH is 2. The normalized spacial score (nSPS) is 13.5. The van der Waals surface area contributed by atoms with Crippen molar-refractivity contribution in [2.75, 3.05) is 74.0 Å². The van der Waals surface area contributed by atoms with Gasteiger partial charge in [0.05, 0.1) is 41.3 Å². The van der Waals surface area contributed by atoms with Gasteiger partial charge in [-0.05, 0) is 38.6 Å². The zero-order chi connectivity index (χ0) is 32.2. The van der Waals surface area contributed by atoms with Crippen LogP contribution < -0.4 is 24.8 Å². The molecule has 0 radical (unpaired) electrons. The van der Waals surface area contributed by atoms with Crippen LogP contribution in [-0.2, 0) is 0 Å². The maximum atomic E-state index is 11.1. The molecule has 0 aromatic heterocycles. The van der Waals surface area contributed by atoms with E-state index < -0.39 is 0 Å². The van der Waals surface area contributed by atoms with Gasteiger partial charge < -0.3 is 44.0 Å². The monoisotopic (exact) mass is 684 g/mol. The van der Waals surface area contributed by atoms with Crippen LogP contribution in [0.5, 0.6) is 0 Å². The van der Waals surface area contributed by atoms with Gasteiger partial charge in [-0.3, -0.25) is 4.90 Å². The first-order valence-electron chi connectivity index (χ1n) is 19.3. The molecule has 0 heterocycles. The Hall–Kier alpha value is 0.380. The molecule has 0 rings (SSSR count). The van der Waals surface area contributed by atoms with Gasteiger partial charge in [-0.2, -0.15) is 0 Å². The Morgan fingerprint density at radius 1 is 0.422 bits per heavy atom. The third-order valence-electron chi connectivity index (χ3n) is 9.41. The molecule has 5 nitrogen and oxygen atoms in total. The van der Waals surface area contributed by atoms with Crippen molar-refractivity contribution in [3.05, 3.63) is 0 Å². The molecular formula is C38H83Cl2N3O2. The summed E-state index contributed by atoms with van der Waals surface area (Å²) in [5.41, 5.74) is 0. The van der Waals surface area contributed by atoms with Gasteiger partial charge >= 0.3 is 0 Å². The van der Waals surface area contributed by atoms with E-state index in [0.29, 0.717) is 13.1 Å². The van der Waals surface area contributed by atoms with Crippen molar-refractivity contribution in [3.8, 4) is 0 Å².